The topological polar surface area (TPSA) is 164 Å². The van der Waals surface area contributed by atoms with Crippen molar-refractivity contribution in [3.05, 3.63) is 144 Å². The zero-order valence-electron chi connectivity index (χ0n) is 44.6. The standard InChI is InChI=1S/C66H63N9O3/c1-4-7-10-13-16-40-19-25-43(26-20-40)61-70-73-64(76-61)46-31-34-52-49(37-46)55-56-50-38-47(65-74-71-62(77-65)44-27-21-41(22-28-44)17-14-11-8-5-2)32-35-53(50)68-59(56)60-57(58(55)67-52)51-39-48(33-36-54(51)69-60)66-75-72-63(78-66)45-29-23-42(24-30-45)18-15-12-9-6-3/h19-39,67-69H,4-18H2,1-3H3. The average Bonchev–Trinajstić information content (AvgIpc) is 4.51. The van der Waals surface area contributed by atoms with Gasteiger partial charge in [-0.1, -0.05) is 115 Å². The first-order chi connectivity index (χ1) is 38.5. The highest BCUT2D eigenvalue weighted by atomic mass is 16.4. The van der Waals surface area contributed by atoms with Crippen LogP contribution in [0.5, 0.6) is 0 Å². The van der Waals surface area contributed by atoms with E-state index in [1.54, 1.807) is 0 Å². The van der Waals surface area contributed by atoms with E-state index in [1.807, 2.05) is 18.2 Å². The van der Waals surface area contributed by atoms with Gasteiger partial charge >= 0.3 is 0 Å². The van der Waals surface area contributed by atoms with Crippen LogP contribution in [0.15, 0.2) is 141 Å². The lowest BCUT2D eigenvalue weighted by Gasteiger charge is -2.03. The summed E-state index contributed by atoms with van der Waals surface area (Å²) in [6, 6.07) is 44.5. The zero-order valence-corrected chi connectivity index (χ0v) is 44.6. The van der Waals surface area contributed by atoms with Crippen molar-refractivity contribution in [1.29, 1.82) is 0 Å². The fraction of sp³-hybridized carbons (Fsp3) is 0.273. The SMILES string of the molecule is CCCCCCc1ccc(-c2nnc(-c3ccc4[nH]c5c6[nH]c7ccc(-c8nnc(-c9ccc(CCCCCC)cc9)o8)cc7c6c6c7cc(-c8nnc(-c9ccc(CCCCCC)cc9)o8)ccc7[nH]c6c5c4c3)o2)cc1. The predicted octanol–water partition coefficient (Wildman–Crippen LogP) is 18.1. The van der Waals surface area contributed by atoms with Crippen molar-refractivity contribution in [2.75, 3.05) is 0 Å². The molecule has 0 aliphatic rings. The van der Waals surface area contributed by atoms with E-state index in [1.165, 1.54) is 93.7 Å². The maximum Gasteiger partial charge on any atom is 0.248 e. The second-order valence-electron chi connectivity index (χ2n) is 21.2. The molecule has 0 fully saturated rings. The fourth-order valence-electron chi connectivity index (χ4n) is 11.4. The lowest BCUT2D eigenvalue weighted by Crippen LogP contribution is -1.86. The Morgan fingerprint density at radius 1 is 0.295 bits per heavy atom. The first kappa shape index (κ1) is 49.0. The molecule has 12 heteroatoms. The number of aromatic nitrogens is 9. The lowest BCUT2D eigenvalue weighted by atomic mass is 9.99. The number of nitrogens with zero attached hydrogens (tertiary/aromatic N) is 6. The largest absolute Gasteiger partial charge is 0.416 e. The van der Waals surface area contributed by atoms with Crippen molar-refractivity contribution in [3.63, 3.8) is 0 Å². The Morgan fingerprint density at radius 3 is 0.923 bits per heavy atom. The summed E-state index contributed by atoms with van der Waals surface area (Å²) in [6.45, 7) is 6.74. The average molecular weight is 1030 g/mol. The highest BCUT2D eigenvalue weighted by molar-refractivity contribution is 6.39. The van der Waals surface area contributed by atoms with Gasteiger partial charge < -0.3 is 28.2 Å². The van der Waals surface area contributed by atoms with Crippen LogP contribution in [0.25, 0.3) is 134 Å². The molecule has 0 bridgehead atoms. The number of rotatable bonds is 21. The lowest BCUT2D eigenvalue weighted by molar-refractivity contribution is 0.584. The predicted molar refractivity (Wildman–Crippen MR) is 314 cm³/mol. The van der Waals surface area contributed by atoms with Crippen molar-refractivity contribution in [2.45, 2.75) is 117 Å². The molecule has 6 aromatic heterocycles. The van der Waals surface area contributed by atoms with E-state index >= 15 is 0 Å². The number of hydrogen-bond acceptors (Lipinski definition) is 9. The third-order valence-corrected chi connectivity index (χ3v) is 15.7. The maximum absolute atomic E-state index is 6.46. The number of hydrogen-bond donors (Lipinski definition) is 3. The van der Waals surface area contributed by atoms with Gasteiger partial charge in [0.1, 0.15) is 0 Å². The number of H-pyrrole nitrogens is 3. The summed E-state index contributed by atoms with van der Waals surface area (Å²) in [4.78, 5) is 11.6. The van der Waals surface area contributed by atoms with Crippen molar-refractivity contribution >= 4 is 65.4 Å². The second-order valence-corrected chi connectivity index (χ2v) is 21.2. The first-order valence-corrected chi connectivity index (χ1v) is 28.3. The molecule has 0 aliphatic carbocycles. The van der Waals surface area contributed by atoms with Crippen molar-refractivity contribution in [2.24, 2.45) is 0 Å². The molecular weight excluding hydrogens is 967 g/mol. The normalized spacial score (nSPS) is 12.0. The Hall–Kier alpha value is -8.64. The smallest absolute Gasteiger partial charge is 0.248 e. The Balaban J connectivity index is 0.903. The summed E-state index contributed by atoms with van der Waals surface area (Å²) in [5, 5.41) is 33.5. The van der Waals surface area contributed by atoms with Crippen LogP contribution in [0, 0.1) is 0 Å². The summed E-state index contributed by atoms with van der Waals surface area (Å²) in [5.74, 6) is 2.83. The number of aromatic amines is 3. The Bertz CT molecular complexity index is 4230. The van der Waals surface area contributed by atoms with Gasteiger partial charge in [0.25, 0.3) is 0 Å². The van der Waals surface area contributed by atoms with Gasteiger partial charge in [-0.3, -0.25) is 0 Å². The van der Waals surface area contributed by atoms with E-state index in [-0.39, 0.29) is 0 Å². The fourth-order valence-corrected chi connectivity index (χ4v) is 11.4. The highest BCUT2D eigenvalue weighted by Crippen LogP contribution is 2.46. The molecule has 78 heavy (non-hydrogen) atoms. The van der Waals surface area contributed by atoms with Crippen LogP contribution in [0.2, 0.25) is 0 Å². The molecule has 3 N–H and O–H groups in total. The van der Waals surface area contributed by atoms with Crippen LogP contribution in [0.3, 0.4) is 0 Å². The van der Waals surface area contributed by atoms with E-state index in [0.717, 1.165) is 118 Å². The zero-order chi connectivity index (χ0) is 52.5. The van der Waals surface area contributed by atoms with Crippen molar-refractivity contribution in [1.82, 2.24) is 45.5 Å². The van der Waals surface area contributed by atoms with Gasteiger partial charge in [-0.2, -0.15) is 0 Å². The third kappa shape index (κ3) is 9.43. The van der Waals surface area contributed by atoms with Crippen LogP contribution < -0.4 is 0 Å². The molecule has 0 saturated heterocycles. The van der Waals surface area contributed by atoms with Gasteiger partial charge in [-0.25, -0.2) is 0 Å². The van der Waals surface area contributed by atoms with E-state index in [4.69, 9.17) is 13.3 Å². The second kappa shape index (κ2) is 21.4. The molecule has 0 aliphatic heterocycles. The molecule has 0 radical (unpaired) electrons. The van der Waals surface area contributed by atoms with Crippen molar-refractivity contribution in [3.8, 4) is 68.7 Å². The quantitative estimate of drug-likeness (QED) is 0.0594. The van der Waals surface area contributed by atoms with Gasteiger partial charge in [0.05, 0.1) is 16.6 Å². The minimum absolute atomic E-state index is 0.450. The molecule has 7 aromatic carbocycles. The molecular formula is C66H63N9O3. The molecule has 13 rings (SSSR count). The molecule has 0 unspecified atom stereocenters. The van der Waals surface area contributed by atoms with Crippen molar-refractivity contribution < 1.29 is 13.3 Å². The minimum atomic E-state index is 0.450. The van der Waals surface area contributed by atoms with Gasteiger partial charge in [-0.15, -0.1) is 30.6 Å². The van der Waals surface area contributed by atoms with Crippen LogP contribution in [0.1, 0.15) is 115 Å². The third-order valence-electron chi connectivity index (χ3n) is 15.7. The molecule has 0 atom stereocenters. The molecule has 13 aromatic rings. The number of nitrogens with one attached hydrogen (secondary N) is 3. The van der Waals surface area contributed by atoms with Gasteiger partial charge in [0.2, 0.25) is 35.3 Å². The Kier molecular flexibility index (Phi) is 13.4. The van der Waals surface area contributed by atoms with Gasteiger partial charge in [-0.05, 0) is 146 Å². The van der Waals surface area contributed by atoms with E-state index in [0.29, 0.717) is 35.3 Å². The van der Waals surface area contributed by atoms with E-state index in [2.05, 4.69) is 176 Å². The summed E-state index contributed by atoms with van der Waals surface area (Å²) in [5.41, 5.74) is 15.0. The molecule has 12 nitrogen and oxygen atoms in total. The van der Waals surface area contributed by atoms with Crippen LogP contribution >= 0.6 is 0 Å². The molecule has 390 valence electrons. The summed E-state index contributed by atoms with van der Waals surface area (Å²) in [6.07, 6.45) is 18.0. The summed E-state index contributed by atoms with van der Waals surface area (Å²) < 4.78 is 19.3. The monoisotopic (exact) mass is 1030 g/mol. The Labute approximate surface area is 452 Å². The number of fused-ring (bicyclic) bond motifs is 12. The molecule has 0 spiro atoms. The number of benzene rings is 7. The van der Waals surface area contributed by atoms with Gasteiger partial charge in [0.15, 0.2) is 0 Å². The summed E-state index contributed by atoms with van der Waals surface area (Å²) >= 11 is 0. The first-order valence-electron chi connectivity index (χ1n) is 28.3. The van der Waals surface area contributed by atoms with E-state index < -0.39 is 0 Å². The molecule has 6 heterocycles. The minimum Gasteiger partial charge on any atom is -0.416 e. The van der Waals surface area contributed by atoms with Gasteiger partial charge in [0, 0.05) is 82.2 Å². The van der Waals surface area contributed by atoms with Crippen LogP contribution in [-0.2, 0) is 19.3 Å². The number of unbranched alkanes of at least 4 members (excludes halogenated alkanes) is 9. The molecule has 0 amide bonds. The summed E-state index contributed by atoms with van der Waals surface area (Å²) in [7, 11) is 0. The van der Waals surface area contributed by atoms with E-state index in [9.17, 15) is 0 Å². The van der Waals surface area contributed by atoms with Crippen LogP contribution in [-0.4, -0.2) is 45.5 Å². The highest BCUT2D eigenvalue weighted by Gasteiger charge is 2.24. The number of aryl methyl sites for hydroxylation is 3. The Morgan fingerprint density at radius 2 is 0.577 bits per heavy atom. The molecule has 0 saturated carbocycles. The maximum atomic E-state index is 6.46. The van der Waals surface area contributed by atoms with Crippen LogP contribution in [0.4, 0.5) is 0 Å².